The summed E-state index contributed by atoms with van der Waals surface area (Å²) in [5, 5.41) is 2.72. The molecule has 0 bridgehead atoms. The van der Waals surface area contributed by atoms with Gasteiger partial charge in [0.25, 0.3) is 10.0 Å². The number of thiophene rings is 1. The number of hydrogen-bond acceptors (Lipinski definition) is 4. The second kappa shape index (κ2) is 7.57. The Morgan fingerprint density at radius 3 is 2.64 bits per heavy atom. The Morgan fingerprint density at radius 2 is 2.00 bits per heavy atom. The molecule has 7 heteroatoms. The summed E-state index contributed by atoms with van der Waals surface area (Å²) in [7, 11) is -1.70. The molecule has 0 saturated heterocycles. The van der Waals surface area contributed by atoms with E-state index in [1.807, 2.05) is 6.07 Å². The monoisotopic (exact) mass is 344 g/mol. The SMILES string of the molecule is CC(=O)NCCc1ccc(S(=O)(=O)N(C)C2CCCCC2)s1. The second-order valence-corrected chi connectivity index (χ2v) is 9.16. The Bertz CT molecular complexity index is 604. The normalized spacial score (nSPS) is 16.9. The molecule has 0 spiro atoms. The smallest absolute Gasteiger partial charge is 0.252 e. The van der Waals surface area contributed by atoms with Gasteiger partial charge in [0.05, 0.1) is 0 Å². The van der Waals surface area contributed by atoms with Crippen LogP contribution < -0.4 is 5.32 Å². The van der Waals surface area contributed by atoms with Gasteiger partial charge in [-0.2, -0.15) is 4.31 Å². The van der Waals surface area contributed by atoms with E-state index >= 15 is 0 Å². The van der Waals surface area contributed by atoms with Crippen LogP contribution in [0.3, 0.4) is 0 Å². The van der Waals surface area contributed by atoms with Crippen molar-refractivity contribution < 1.29 is 13.2 Å². The molecule has 0 aliphatic heterocycles. The van der Waals surface area contributed by atoms with Crippen molar-refractivity contribution in [3.63, 3.8) is 0 Å². The molecule has 1 amide bonds. The van der Waals surface area contributed by atoms with Crippen molar-refractivity contribution >= 4 is 27.3 Å². The average Bonchev–Trinajstić information content (AvgIpc) is 2.96. The van der Waals surface area contributed by atoms with Gasteiger partial charge in [-0.15, -0.1) is 11.3 Å². The van der Waals surface area contributed by atoms with Gasteiger partial charge in [-0.3, -0.25) is 4.79 Å². The Kier molecular flexibility index (Phi) is 6.00. The zero-order valence-corrected chi connectivity index (χ0v) is 14.8. The van der Waals surface area contributed by atoms with Crippen molar-refractivity contribution in [1.29, 1.82) is 0 Å². The van der Waals surface area contributed by atoms with E-state index in [2.05, 4.69) is 5.32 Å². The van der Waals surface area contributed by atoms with Gasteiger partial charge in [0.1, 0.15) is 4.21 Å². The molecule has 0 aromatic carbocycles. The van der Waals surface area contributed by atoms with Crippen LogP contribution in [0.2, 0.25) is 0 Å². The molecule has 0 unspecified atom stereocenters. The quantitative estimate of drug-likeness (QED) is 0.861. The number of nitrogens with one attached hydrogen (secondary N) is 1. The maximum Gasteiger partial charge on any atom is 0.252 e. The second-order valence-electron chi connectivity index (χ2n) is 5.77. The Balaban J connectivity index is 2.02. The highest BCUT2D eigenvalue weighted by atomic mass is 32.2. The van der Waals surface area contributed by atoms with Crippen molar-refractivity contribution in [2.45, 2.75) is 55.7 Å². The molecule has 1 aliphatic rings. The highest BCUT2D eigenvalue weighted by Gasteiger charge is 2.30. The molecule has 1 saturated carbocycles. The van der Waals surface area contributed by atoms with Crippen LogP contribution >= 0.6 is 11.3 Å². The van der Waals surface area contributed by atoms with E-state index in [0.29, 0.717) is 17.2 Å². The minimum absolute atomic E-state index is 0.0681. The van der Waals surface area contributed by atoms with Crippen LogP contribution in [0, 0.1) is 0 Å². The molecule has 1 aromatic heterocycles. The summed E-state index contributed by atoms with van der Waals surface area (Å²) < 4.78 is 27.3. The summed E-state index contributed by atoms with van der Waals surface area (Å²) >= 11 is 1.30. The summed E-state index contributed by atoms with van der Waals surface area (Å²) in [5.41, 5.74) is 0. The lowest BCUT2D eigenvalue weighted by atomic mass is 9.96. The Hall–Kier alpha value is -0.920. The van der Waals surface area contributed by atoms with Crippen LogP contribution in [0.1, 0.15) is 43.9 Å². The first-order chi connectivity index (χ1) is 10.4. The van der Waals surface area contributed by atoms with Gasteiger partial charge in [-0.1, -0.05) is 19.3 Å². The molecule has 0 radical (unpaired) electrons. The van der Waals surface area contributed by atoms with E-state index in [9.17, 15) is 13.2 Å². The third kappa shape index (κ3) is 4.30. The standard InChI is InChI=1S/C15H24N2O3S2/c1-12(18)16-11-10-14-8-9-15(21-14)22(19,20)17(2)13-6-4-3-5-7-13/h8-9,13H,3-7,10-11H2,1-2H3,(H,16,18). The molecule has 2 rings (SSSR count). The van der Waals surface area contributed by atoms with Crippen LogP contribution in [0.5, 0.6) is 0 Å². The zero-order valence-electron chi connectivity index (χ0n) is 13.2. The predicted octanol–water partition coefficient (Wildman–Crippen LogP) is 2.38. The highest BCUT2D eigenvalue weighted by Crippen LogP contribution is 2.29. The number of carbonyl (C=O) groups is 1. The van der Waals surface area contributed by atoms with E-state index in [-0.39, 0.29) is 11.9 Å². The first-order valence-corrected chi connectivity index (χ1v) is 9.98. The highest BCUT2D eigenvalue weighted by molar-refractivity contribution is 7.91. The maximum atomic E-state index is 12.7. The fraction of sp³-hybridized carbons (Fsp3) is 0.667. The van der Waals surface area contributed by atoms with Gasteiger partial charge in [-0.25, -0.2) is 8.42 Å². The predicted molar refractivity (Wildman–Crippen MR) is 88.5 cm³/mol. The lowest BCUT2D eigenvalue weighted by Gasteiger charge is -2.29. The van der Waals surface area contributed by atoms with Crippen molar-refractivity contribution in [2.75, 3.05) is 13.6 Å². The largest absolute Gasteiger partial charge is 0.356 e. The van der Waals surface area contributed by atoms with E-state index in [1.54, 1.807) is 17.4 Å². The minimum atomic E-state index is -3.39. The average molecular weight is 345 g/mol. The topological polar surface area (TPSA) is 66.5 Å². The molecule has 1 aromatic rings. The number of sulfonamides is 1. The van der Waals surface area contributed by atoms with Crippen LogP contribution in [-0.4, -0.2) is 38.3 Å². The van der Waals surface area contributed by atoms with Crippen LogP contribution in [0.25, 0.3) is 0 Å². The molecule has 22 heavy (non-hydrogen) atoms. The Morgan fingerprint density at radius 1 is 1.32 bits per heavy atom. The summed E-state index contributed by atoms with van der Waals surface area (Å²) in [6.07, 6.45) is 5.99. The molecule has 5 nitrogen and oxygen atoms in total. The molecule has 1 fully saturated rings. The van der Waals surface area contributed by atoms with Gasteiger partial charge in [0, 0.05) is 31.4 Å². The summed E-state index contributed by atoms with van der Waals surface area (Å²) in [6.45, 7) is 2.01. The molecule has 124 valence electrons. The number of hydrogen-bond donors (Lipinski definition) is 1. The van der Waals surface area contributed by atoms with E-state index in [4.69, 9.17) is 0 Å². The lowest BCUT2D eigenvalue weighted by Crippen LogP contribution is -2.37. The molecular formula is C15H24N2O3S2. The number of nitrogens with zero attached hydrogens (tertiary/aromatic N) is 1. The summed E-state index contributed by atoms with van der Waals surface area (Å²) in [6, 6.07) is 3.65. The van der Waals surface area contributed by atoms with Crippen molar-refractivity contribution in [1.82, 2.24) is 9.62 Å². The molecule has 1 heterocycles. The minimum Gasteiger partial charge on any atom is -0.356 e. The lowest BCUT2D eigenvalue weighted by molar-refractivity contribution is -0.118. The fourth-order valence-corrected chi connectivity index (χ4v) is 5.73. The van der Waals surface area contributed by atoms with Crippen molar-refractivity contribution in [2.24, 2.45) is 0 Å². The van der Waals surface area contributed by atoms with Gasteiger partial charge < -0.3 is 5.32 Å². The first-order valence-electron chi connectivity index (χ1n) is 7.72. The van der Waals surface area contributed by atoms with Crippen LogP contribution in [0.15, 0.2) is 16.3 Å². The van der Waals surface area contributed by atoms with Crippen LogP contribution in [0.4, 0.5) is 0 Å². The summed E-state index contributed by atoms with van der Waals surface area (Å²) in [5.74, 6) is -0.0681. The summed E-state index contributed by atoms with van der Waals surface area (Å²) in [4.78, 5) is 11.8. The van der Waals surface area contributed by atoms with E-state index in [0.717, 1.165) is 30.6 Å². The van der Waals surface area contributed by atoms with Gasteiger partial charge >= 0.3 is 0 Å². The number of carbonyl (C=O) groups excluding carboxylic acids is 1. The third-order valence-corrected chi connectivity index (χ3v) is 7.63. The van der Waals surface area contributed by atoms with Gasteiger partial charge in [0.2, 0.25) is 5.91 Å². The van der Waals surface area contributed by atoms with Crippen molar-refractivity contribution in [3.8, 4) is 0 Å². The zero-order chi connectivity index (χ0) is 16.2. The molecule has 1 aliphatic carbocycles. The van der Waals surface area contributed by atoms with E-state index < -0.39 is 10.0 Å². The van der Waals surface area contributed by atoms with Crippen molar-refractivity contribution in [3.05, 3.63) is 17.0 Å². The molecular weight excluding hydrogens is 320 g/mol. The Labute approximate surface area is 136 Å². The van der Waals surface area contributed by atoms with E-state index in [1.165, 1.54) is 24.7 Å². The maximum absolute atomic E-state index is 12.7. The first kappa shape index (κ1) is 17.4. The molecule has 1 N–H and O–H groups in total. The van der Waals surface area contributed by atoms with Crippen LogP contribution in [-0.2, 0) is 21.2 Å². The molecule has 0 atom stereocenters. The third-order valence-electron chi connectivity index (χ3n) is 4.10. The van der Waals surface area contributed by atoms with Gasteiger partial charge in [-0.05, 0) is 31.4 Å². The van der Waals surface area contributed by atoms with Gasteiger partial charge in [0.15, 0.2) is 0 Å². The number of amides is 1. The number of rotatable bonds is 6. The fourth-order valence-electron chi connectivity index (χ4n) is 2.78.